The lowest BCUT2D eigenvalue weighted by Gasteiger charge is -2.34. The van der Waals surface area contributed by atoms with E-state index in [-0.39, 0.29) is 22.5 Å². The number of fused-ring (bicyclic) bond motifs is 1. The Bertz CT molecular complexity index is 1060. The highest BCUT2D eigenvalue weighted by atomic mass is 32.2. The van der Waals surface area contributed by atoms with Gasteiger partial charge in [-0.3, -0.25) is 4.79 Å². The van der Waals surface area contributed by atoms with Gasteiger partial charge in [-0.1, -0.05) is 24.3 Å². The van der Waals surface area contributed by atoms with E-state index in [0.717, 1.165) is 5.56 Å². The minimum Gasteiger partial charge on any atom is -0.355 e. The molecule has 0 saturated carbocycles. The predicted octanol–water partition coefficient (Wildman–Crippen LogP) is 2.65. The maximum Gasteiger partial charge on any atom is 0.285 e. The quantitative estimate of drug-likeness (QED) is 0.773. The van der Waals surface area contributed by atoms with Gasteiger partial charge in [-0.2, -0.15) is 8.42 Å². The number of halogens is 1. The van der Waals surface area contributed by atoms with Gasteiger partial charge in [0, 0.05) is 38.2 Å². The molecule has 2 aromatic carbocycles. The van der Waals surface area contributed by atoms with Crippen LogP contribution in [0.5, 0.6) is 0 Å². The highest BCUT2D eigenvalue weighted by Crippen LogP contribution is 2.30. The number of carbonyl (C=O) groups is 1. The van der Waals surface area contributed by atoms with E-state index in [1.54, 1.807) is 48.3 Å². The zero-order chi connectivity index (χ0) is 20.6. The van der Waals surface area contributed by atoms with Crippen molar-refractivity contribution < 1.29 is 17.6 Å². The molecule has 1 saturated heterocycles. The molecule has 0 spiro atoms. The highest BCUT2D eigenvalue weighted by molar-refractivity contribution is 7.90. The molecule has 0 radical (unpaired) electrons. The maximum atomic E-state index is 13.0. The van der Waals surface area contributed by atoms with Crippen LogP contribution >= 0.6 is 0 Å². The molecule has 1 fully saturated rings. The zero-order valence-electron chi connectivity index (χ0n) is 16.1. The fourth-order valence-electron chi connectivity index (χ4n) is 3.91. The van der Waals surface area contributed by atoms with Gasteiger partial charge in [0.05, 0.1) is 0 Å². The molecule has 2 aliphatic heterocycles. The van der Waals surface area contributed by atoms with Gasteiger partial charge in [0.15, 0.2) is 5.84 Å². The second kappa shape index (κ2) is 7.59. The van der Waals surface area contributed by atoms with E-state index in [4.69, 9.17) is 0 Å². The summed E-state index contributed by atoms with van der Waals surface area (Å²) >= 11 is 0. The van der Waals surface area contributed by atoms with Gasteiger partial charge < -0.3 is 9.80 Å². The summed E-state index contributed by atoms with van der Waals surface area (Å²) in [4.78, 5) is 16.7. The maximum absolute atomic E-state index is 13.0. The number of nitrogens with zero attached hydrogens (tertiary/aromatic N) is 3. The van der Waals surface area contributed by atoms with Crippen molar-refractivity contribution in [3.05, 3.63) is 65.5 Å². The third-order valence-electron chi connectivity index (χ3n) is 5.47. The number of hydrogen-bond donors (Lipinski definition) is 0. The average molecular weight is 415 g/mol. The van der Waals surface area contributed by atoms with E-state index in [9.17, 15) is 17.6 Å². The number of rotatable bonds is 3. The molecule has 0 N–H and O–H groups in total. The average Bonchev–Trinajstić information content (AvgIpc) is 3.00. The zero-order valence-corrected chi connectivity index (χ0v) is 16.9. The third-order valence-corrected chi connectivity index (χ3v) is 6.79. The van der Waals surface area contributed by atoms with Crippen molar-refractivity contribution >= 4 is 21.8 Å². The Morgan fingerprint density at radius 3 is 2.48 bits per heavy atom. The van der Waals surface area contributed by atoms with Crippen molar-refractivity contribution in [1.29, 1.82) is 0 Å². The summed E-state index contributed by atoms with van der Waals surface area (Å²) in [7, 11) is -1.89. The second-order valence-electron chi connectivity index (χ2n) is 7.47. The standard InChI is InChI=1S/C21H22FN3O3S/c1-24(14-15-6-8-17(22)9-7-15)21(26)16-10-12-25(13-11-16)20-18-4-2-3-5-19(18)29(27,28)23-20/h2-9,16H,10-14H2,1H3. The Morgan fingerprint density at radius 1 is 1.14 bits per heavy atom. The smallest absolute Gasteiger partial charge is 0.285 e. The van der Waals surface area contributed by atoms with Crippen molar-refractivity contribution in [3.63, 3.8) is 0 Å². The second-order valence-corrected chi connectivity index (χ2v) is 9.04. The monoisotopic (exact) mass is 415 g/mol. The molecule has 8 heteroatoms. The van der Waals surface area contributed by atoms with Gasteiger partial charge in [0.2, 0.25) is 5.91 Å². The van der Waals surface area contributed by atoms with Gasteiger partial charge in [-0.15, -0.1) is 4.40 Å². The molecule has 0 atom stereocenters. The van der Waals surface area contributed by atoms with Gasteiger partial charge >= 0.3 is 0 Å². The first-order valence-electron chi connectivity index (χ1n) is 9.54. The van der Waals surface area contributed by atoms with E-state index in [0.29, 0.717) is 43.9 Å². The fraction of sp³-hybridized carbons (Fsp3) is 0.333. The lowest BCUT2D eigenvalue weighted by molar-refractivity contribution is -0.136. The first kappa shape index (κ1) is 19.6. The Kier molecular flexibility index (Phi) is 5.12. The van der Waals surface area contributed by atoms with Crippen LogP contribution in [0.4, 0.5) is 4.39 Å². The van der Waals surface area contributed by atoms with Crippen LogP contribution in [0.15, 0.2) is 57.8 Å². The van der Waals surface area contributed by atoms with Crippen LogP contribution in [0.1, 0.15) is 24.0 Å². The fourth-order valence-corrected chi connectivity index (χ4v) is 5.14. The van der Waals surface area contributed by atoms with Crippen LogP contribution in [0.25, 0.3) is 0 Å². The lowest BCUT2D eigenvalue weighted by Crippen LogP contribution is -2.43. The minimum absolute atomic E-state index is 0.0513. The molecular formula is C21H22FN3O3S. The Morgan fingerprint density at radius 2 is 1.79 bits per heavy atom. The van der Waals surface area contributed by atoms with E-state index >= 15 is 0 Å². The van der Waals surface area contributed by atoms with Crippen LogP contribution < -0.4 is 0 Å². The molecule has 2 aromatic rings. The Labute approximate surface area is 169 Å². The number of piperidine rings is 1. The number of sulfonamides is 1. The van der Waals surface area contributed by atoms with Crippen LogP contribution in [0, 0.1) is 11.7 Å². The summed E-state index contributed by atoms with van der Waals surface area (Å²) in [5.41, 5.74) is 1.51. The predicted molar refractivity (Wildman–Crippen MR) is 107 cm³/mol. The normalized spacial score (nSPS) is 18.3. The van der Waals surface area contributed by atoms with Crippen molar-refractivity contribution in [2.45, 2.75) is 24.3 Å². The first-order valence-corrected chi connectivity index (χ1v) is 11.0. The molecule has 0 aliphatic carbocycles. The summed E-state index contributed by atoms with van der Waals surface area (Å²) in [5.74, 6) is 0.112. The summed E-state index contributed by atoms with van der Waals surface area (Å²) < 4.78 is 41.5. The number of benzene rings is 2. The van der Waals surface area contributed by atoms with Crippen molar-refractivity contribution in [1.82, 2.24) is 9.80 Å². The molecule has 29 heavy (non-hydrogen) atoms. The topological polar surface area (TPSA) is 70.1 Å². The van der Waals surface area contributed by atoms with Crippen molar-refractivity contribution in [2.75, 3.05) is 20.1 Å². The molecule has 4 rings (SSSR count). The molecule has 152 valence electrons. The summed E-state index contributed by atoms with van der Waals surface area (Å²) in [6.45, 7) is 1.57. The highest BCUT2D eigenvalue weighted by Gasteiger charge is 2.34. The van der Waals surface area contributed by atoms with Gasteiger partial charge in [0.25, 0.3) is 10.0 Å². The van der Waals surface area contributed by atoms with E-state index in [1.807, 2.05) is 4.90 Å². The molecule has 2 aliphatic rings. The van der Waals surface area contributed by atoms with Crippen LogP contribution in [-0.4, -0.2) is 50.1 Å². The third kappa shape index (κ3) is 3.89. The first-order chi connectivity index (χ1) is 13.8. The molecule has 0 bridgehead atoms. The van der Waals surface area contributed by atoms with E-state index in [2.05, 4.69) is 4.40 Å². The number of amidine groups is 1. The van der Waals surface area contributed by atoms with E-state index in [1.165, 1.54) is 12.1 Å². The molecular weight excluding hydrogens is 393 g/mol. The van der Waals surface area contributed by atoms with Gasteiger partial charge in [0.1, 0.15) is 10.7 Å². The minimum atomic E-state index is -3.64. The Balaban J connectivity index is 1.39. The number of carbonyl (C=O) groups excluding carboxylic acids is 1. The SMILES string of the molecule is CN(Cc1ccc(F)cc1)C(=O)C1CCN(C2=NS(=O)(=O)c3ccccc32)CC1. The number of likely N-dealkylation sites (tertiary alicyclic amines) is 1. The molecule has 0 unspecified atom stereocenters. The van der Waals surface area contributed by atoms with Gasteiger partial charge in [-0.05, 0) is 42.7 Å². The van der Waals surface area contributed by atoms with Crippen LogP contribution in [0.2, 0.25) is 0 Å². The van der Waals surface area contributed by atoms with Crippen LogP contribution in [-0.2, 0) is 21.4 Å². The molecule has 1 amide bonds. The van der Waals surface area contributed by atoms with Crippen LogP contribution in [0.3, 0.4) is 0 Å². The molecule has 6 nitrogen and oxygen atoms in total. The number of hydrogen-bond acceptors (Lipinski definition) is 4. The van der Waals surface area contributed by atoms with Gasteiger partial charge in [-0.25, -0.2) is 4.39 Å². The van der Waals surface area contributed by atoms with E-state index < -0.39 is 10.0 Å². The summed E-state index contributed by atoms with van der Waals surface area (Å²) in [6, 6.07) is 13.0. The largest absolute Gasteiger partial charge is 0.355 e. The summed E-state index contributed by atoms with van der Waals surface area (Å²) in [5, 5.41) is 0. The molecule has 0 aromatic heterocycles. The Hall–Kier alpha value is -2.74. The summed E-state index contributed by atoms with van der Waals surface area (Å²) in [6.07, 6.45) is 1.27. The number of amides is 1. The lowest BCUT2D eigenvalue weighted by atomic mass is 9.94. The van der Waals surface area contributed by atoms with Crippen molar-refractivity contribution in [3.8, 4) is 0 Å². The van der Waals surface area contributed by atoms with Crippen molar-refractivity contribution in [2.24, 2.45) is 10.3 Å². The molecule has 2 heterocycles.